The number of hydrogen-bond donors (Lipinski definition) is 1. The van der Waals surface area contributed by atoms with Crippen LogP contribution in [0.15, 0.2) is 78.9 Å². The number of nitrogens with zero attached hydrogens (tertiary/aromatic N) is 2. The lowest BCUT2D eigenvalue weighted by atomic mass is 9.98. The van der Waals surface area contributed by atoms with Gasteiger partial charge in [0.1, 0.15) is 5.69 Å². The molecule has 0 spiro atoms. The molecule has 2 heterocycles. The minimum absolute atomic E-state index is 0. The van der Waals surface area contributed by atoms with Gasteiger partial charge in [-0.25, -0.2) is 0 Å². The molecule has 160 valence electrons. The molecule has 4 heteroatoms. The Labute approximate surface area is 195 Å². The van der Waals surface area contributed by atoms with E-state index in [-0.39, 0.29) is 17.0 Å². The number of amidine groups is 1. The number of rotatable bonds is 3. The van der Waals surface area contributed by atoms with Crippen LogP contribution < -0.4 is 4.90 Å². The largest absolute Gasteiger partial charge is 0.346 e. The van der Waals surface area contributed by atoms with E-state index in [4.69, 9.17) is 0 Å². The molecule has 0 aromatic heterocycles. The van der Waals surface area contributed by atoms with Crippen molar-refractivity contribution in [3.05, 3.63) is 90.0 Å². The third-order valence-electron chi connectivity index (χ3n) is 6.48. The van der Waals surface area contributed by atoms with Crippen molar-refractivity contribution in [2.75, 3.05) is 18.0 Å². The predicted octanol–water partition coefficient (Wildman–Crippen LogP) is 5.89. The molecular weight excluding hydrogens is 448 g/mol. The Bertz CT molecular complexity index is 1060. The van der Waals surface area contributed by atoms with Crippen LogP contribution in [0.25, 0.3) is 11.1 Å². The summed E-state index contributed by atoms with van der Waals surface area (Å²) in [6.07, 6.45) is 4.63. The van der Waals surface area contributed by atoms with Crippen LogP contribution in [0.4, 0.5) is 5.69 Å². The quantitative estimate of drug-likeness (QED) is 0.475. The summed E-state index contributed by atoms with van der Waals surface area (Å²) in [7, 11) is 0. The Morgan fingerprint density at radius 2 is 1.48 bits per heavy atom. The van der Waals surface area contributed by atoms with Crippen molar-refractivity contribution in [2.45, 2.75) is 38.3 Å². The Morgan fingerprint density at radius 1 is 0.806 bits per heavy atom. The van der Waals surface area contributed by atoms with E-state index in [2.05, 4.69) is 89.2 Å². The average Bonchev–Trinajstić information content (AvgIpc) is 2.90. The minimum atomic E-state index is -1.05. The summed E-state index contributed by atoms with van der Waals surface area (Å²) in [5.74, 6) is 1.25. The highest BCUT2D eigenvalue weighted by atomic mass is 79.9. The van der Waals surface area contributed by atoms with Crippen molar-refractivity contribution >= 4 is 28.5 Å². The van der Waals surface area contributed by atoms with E-state index in [1.807, 2.05) is 6.07 Å². The first kappa shape index (κ1) is 21.8. The van der Waals surface area contributed by atoms with Crippen LogP contribution in [0, 0.1) is 6.92 Å². The number of halogens is 1. The minimum Gasteiger partial charge on any atom is -0.346 e. The van der Waals surface area contributed by atoms with E-state index in [1.165, 1.54) is 41.8 Å². The van der Waals surface area contributed by atoms with Crippen molar-refractivity contribution < 1.29 is 9.68 Å². The molecule has 0 saturated carbocycles. The van der Waals surface area contributed by atoms with Gasteiger partial charge in [0.15, 0.2) is 6.54 Å². The molecule has 1 atom stereocenters. The summed E-state index contributed by atoms with van der Waals surface area (Å²) in [6, 6.07) is 27.4. The van der Waals surface area contributed by atoms with Crippen LogP contribution in [0.3, 0.4) is 0 Å². The second-order valence-corrected chi connectivity index (χ2v) is 8.58. The lowest BCUT2D eigenvalue weighted by Crippen LogP contribution is -2.47. The number of anilines is 1. The molecule has 31 heavy (non-hydrogen) atoms. The zero-order chi connectivity index (χ0) is 20.6. The summed E-state index contributed by atoms with van der Waals surface area (Å²) in [4.78, 5) is 2.19. The van der Waals surface area contributed by atoms with Gasteiger partial charge in [0.25, 0.3) is 11.6 Å². The zero-order valence-electron chi connectivity index (χ0n) is 18.0. The standard InChI is InChI=1S/C27H29N2O.BrH/c1-21-11-15-24(16-12-21)27(30)20-28-19-7-3-6-10-26(28)29(27)25-17-13-23(14-18-25)22-8-4-2-5-9-22;/h2,4-5,8-9,11-18,30H,3,6-7,10,19-20H2,1H3;1H/q+1;. The fraction of sp³-hybridized carbons (Fsp3) is 0.296. The first-order valence-electron chi connectivity index (χ1n) is 11.0. The van der Waals surface area contributed by atoms with Crippen molar-refractivity contribution in [1.29, 1.82) is 0 Å². The Balaban J connectivity index is 0.00000231. The first-order chi connectivity index (χ1) is 14.6. The third-order valence-corrected chi connectivity index (χ3v) is 6.48. The van der Waals surface area contributed by atoms with E-state index in [0.717, 1.165) is 24.2 Å². The average molecular weight is 478 g/mol. The summed E-state index contributed by atoms with van der Waals surface area (Å²) in [6.45, 7) is 3.72. The zero-order valence-corrected chi connectivity index (χ0v) is 19.7. The summed E-state index contributed by atoms with van der Waals surface area (Å²) in [5, 5.41) is 12.0. The van der Waals surface area contributed by atoms with E-state index in [1.54, 1.807) is 0 Å². The molecule has 0 amide bonds. The molecule has 0 bridgehead atoms. The van der Waals surface area contributed by atoms with Gasteiger partial charge in [-0.2, -0.15) is 4.90 Å². The normalized spacial score (nSPS) is 20.8. The molecule has 0 fully saturated rings. The van der Waals surface area contributed by atoms with Gasteiger partial charge < -0.3 is 5.11 Å². The number of benzene rings is 3. The Hall–Kier alpha value is -2.43. The molecule has 0 saturated heterocycles. The maximum atomic E-state index is 12.0. The summed E-state index contributed by atoms with van der Waals surface area (Å²) >= 11 is 0. The number of aryl methyl sites for hydroxylation is 1. The molecule has 5 rings (SSSR count). The molecule has 2 aliphatic heterocycles. The van der Waals surface area contributed by atoms with Crippen molar-refractivity contribution in [3.8, 4) is 11.1 Å². The van der Waals surface area contributed by atoms with E-state index >= 15 is 0 Å². The van der Waals surface area contributed by atoms with E-state index in [0.29, 0.717) is 6.54 Å². The highest BCUT2D eigenvalue weighted by Crippen LogP contribution is 2.38. The van der Waals surface area contributed by atoms with Gasteiger partial charge in [0.2, 0.25) is 0 Å². The van der Waals surface area contributed by atoms with Gasteiger partial charge in [-0.15, -0.1) is 17.0 Å². The second kappa shape index (κ2) is 8.97. The molecule has 0 aliphatic carbocycles. The summed E-state index contributed by atoms with van der Waals surface area (Å²) < 4.78 is 2.40. The van der Waals surface area contributed by atoms with Crippen LogP contribution >= 0.6 is 17.0 Å². The molecule has 3 aromatic carbocycles. The lowest BCUT2D eigenvalue weighted by Gasteiger charge is -2.29. The van der Waals surface area contributed by atoms with Gasteiger partial charge in [0.05, 0.1) is 6.54 Å². The molecule has 2 aliphatic rings. The van der Waals surface area contributed by atoms with Gasteiger partial charge in [-0.05, 0) is 49.4 Å². The highest BCUT2D eigenvalue weighted by molar-refractivity contribution is 8.93. The fourth-order valence-electron chi connectivity index (χ4n) is 4.86. The van der Waals surface area contributed by atoms with Gasteiger partial charge in [0, 0.05) is 12.0 Å². The van der Waals surface area contributed by atoms with E-state index in [9.17, 15) is 5.11 Å². The Kier molecular flexibility index (Phi) is 6.31. The van der Waals surface area contributed by atoms with E-state index < -0.39 is 5.72 Å². The number of aliphatic hydroxyl groups is 1. The topological polar surface area (TPSA) is 26.5 Å². The lowest BCUT2D eigenvalue weighted by molar-refractivity contribution is -0.534. The maximum absolute atomic E-state index is 12.0. The maximum Gasteiger partial charge on any atom is 0.275 e. The Morgan fingerprint density at radius 3 is 2.19 bits per heavy atom. The summed E-state index contributed by atoms with van der Waals surface area (Å²) in [5.41, 5.74) is 4.58. The smallest absolute Gasteiger partial charge is 0.275 e. The van der Waals surface area contributed by atoms with Crippen LogP contribution in [-0.4, -0.2) is 28.6 Å². The van der Waals surface area contributed by atoms with Crippen LogP contribution in [0.5, 0.6) is 0 Å². The van der Waals surface area contributed by atoms with Crippen LogP contribution in [-0.2, 0) is 5.72 Å². The van der Waals surface area contributed by atoms with Gasteiger partial charge in [-0.3, -0.25) is 4.58 Å². The van der Waals surface area contributed by atoms with Crippen molar-refractivity contribution in [3.63, 3.8) is 0 Å². The van der Waals surface area contributed by atoms with Gasteiger partial charge in [-0.1, -0.05) is 72.3 Å². The third kappa shape index (κ3) is 4.07. The van der Waals surface area contributed by atoms with Crippen molar-refractivity contribution in [2.24, 2.45) is 0 Å². The molecule has 0 radical (unpaired) electrons. The first-order valence-corrected chi connectivity index (χ1v) is 11.0. The number of hydrogen-bond acceptors (Lipinski definition) is 2. The van der Waals surface area contributed by atoms with Crippen LogP contribution in [0.1, 0.15) is 36.8 Å². The van der Waals surface area contributed by atoms with Crippen LogP contribution in [0.2, 0.25) is 0 Å². The second-order valence-electron chi connectivity index (χ2n) is 8.58. The SMILES string of the molecule is Br.Cc1ccc(C2(O)C[N+]3=C(CCCCC3)N2c2ccc(-c3ccccc3)cc2)cc1. The van der Waals surface area contributed by atoms with Crippen molar-refractivity contribution in [1.82, 2.24) is 0 Å². The molecule has 1 N–H and O–H groups in total. The monoisotopic (exact) mass is 477 g/mol. The molecule has 3 aromatic rings. The molecule has 3 nitrogen and oxygen atoms in total. The molecular formula is C27H30BrN2O+. The predicted molar refractivity (Wildman–Crippen MR) is 133 cm³/mol. The van der Waals surface area contributed by atoms with Gasteiger partial charge >= 0.3 is 0 Å². The highest BCUT2D eigenvalue weighted by Gasteiger charge is 2.53. The fourth-order valence-corrected chi connectivity index (χ4v) is 4.86. The molecule has 1 unspecified atom stereocenters.